The average Bonchev–Trinajstić information content (AvgIpc) is 2.83. The van der Waals surface area contributed by atoms with Crippen molar-refractivity contribution in [3.63, 3.8) is 0 Å². The van der Waals surface area contributed by atoms with Crippen molar-refractivity contribution in [2.45, 2.75) is 32.1 Å². The minimum absolute atomic E-state index is 0.728. The van der Waals surface area contributed by atoms with Gasteiger partial charge in [-0.15, -0.1) is 11.3 Å². The van der Waals surface area contributed by atoms with Gasteiger partial charge in [-0.2, -0.15) is 0 Å². The lowest BCUT2D eigenvalue weighted by Crippen LogP contribution is -2.14. The van der Waals surface area contributed by atoms with Crippen LogP contribution in [0.15, 0.2) is 11.7 Å². The fourth-order valence-corrected chi connectivity index (χ4v) is 2.88. The lowest BCUT2D eigenvalue weighted by atomic mass is 10.1. The molecule has 5 nitrogen and oxygen atoms in total. The zero-order chi connectivity index (χ0) is 12.4. The van der Waals surface area contributed by atoms with Crippen molar-refractivity contribution in [2.24, 2.45) is 5.84 Å². The molecule has 0 saturated heterocycles. The average molecular weight is 261 g/mol. The first-order valence-corrected chi connectivity index (χ1v) is 7.01. The molecule has 0 radical (unpaired) electrons. The van der Waals surface area contributed by atoms with Crippen molar-refractivity contribution >= 4 is 17.2 Å². The van der Waals surface area contributed by atoms with Crippen molar-refractivity contribution in [3.05, 3.63) is 23.0 Å². The predicted octanol–water partition coefficient (Wildman–Crippen LogP) is 2.15. The number of fused-ring (bicyclic) bond motifs is 1. The van der Waals surface area contributed by atoms with E-state index in [9.17, 15) is 0 Å². The molecule has 0 spiro atoms. The molecular weight excluding hydrogens is 246 g/mol. The van der Waals surface area contributed by atoms with Crippen molar-refractivity contribution in [2.75, 3.05) is 5.43 Å². The maximum atomic E-state index is 5.59. The predicted molar refractivity (Wildman–Crippen MR) is 72.2 cm³/mol. The second-order valence-corrected chi connectivity index (χ2v) is 5.28. The summed E-state index contributed by atoms with van der Waals surface area (Å²) in [6.45, 7) is 0. The highest BCUT2D eigenvalue weighted by molar-refractivity contribution is 7.13. The van der Waals surface area contributed by atoms with Crippen LogP contribution in [0.4, 0.5) is 5.82 Å². The van der Waals surface area contributed by atoms with Crippen LogP contribution in [0.1, 0.15) is 30.5 Å². The first-order chi connectivity index (χ1) is 8.88. The molecule has 1 aliphatic rings. The summed E-state index contributed by atoms with van der Waals surface area (Å²) >= 11 is 1.55. The van der Waals surface area contributed by atoms with Crippen molar-refractivity contribution in [3.8, 4) is 10.7 Å². The highest BCUT2D eigenvalue weighted by Gasteiger charge is 2.17. The molecule has 0 amide bonds. The van der Waals surface area contributed by atoms with Crippen molar-refractivity contribution < 1.29 is 0 Å². The number of aryl methyl sites for hydroxylation is 1. The van der Waals surface area contributed by atoms with Crippen LogP contribution >= 0.6 is 11.3 Å². The minimum atomic E-state index is 0.728. The fraction of sp³-hybridized carbons (Fsp3) is 0.417. The Morgan fingerprint density at radius 1 is 1.17 bits per heavy atom. The molecule has 2 aromatic rings. The van der Waals surface area contributed by atoms with E-state index in [1.807, 2.05) is 0 Å². The van der Waals surface area contributed by atoms with Gasteiger partial charge in [-0.3, -0.25) is 4.98 Å². The molecule has 18 heavy (non-hydrogen) atoms. The lowest BCUT2D eigenvalue weighted by molar-refractivity contribution is 0.709. The topological polar surface area (TPSA) is 76.7 Å². The molecule has 2 aromatic heterocycles. The molecular formula is C12H15N5S. The molecule has 6 heteroatoms. The highest BCUT2D eigenvalue weighted by atomic mass is 32.1. The number of anilines is 1. The van der Waals surface area contributed by atoms with Crippen LogP contribution in [0.5, 0.6) is 0 Å². The van der Waals surface area contributed by atoms with E-state index in [2.05, 4.69) is 20.4 Å². The first-order valence-electron chi connectivity index (χ1n) is 6.14. The first kappa shape index (κ1) is 11.6. The Hall–Kier alpha value is -1.53. The van der Waals surface area contributed by atoms with Crippen LogP contribution in [0.2, 0.25) is 0 Å². The van der Waals surface area contributed by atoms with Crippen LogP contribution in [-0.4, -0.2) is 15.0 Å². The summed E-state index contributed by atoms with van der Waals surface area (Å²) in [4.78, 5) is 14.3. The molecule has 0 saturated carbocycles. The Morgan fingerprint density at radius 2 is 2.06 bits per heavy atom. The fourth-order valence-electron chi connectivity index (χ4n) is 2.33. The Balaban J connectivity index is 2.10. The molecule has 0 atom stereocenters. The SMILES string of the molecule is NNc1nc(-c2cncs2)nc2c1CCCCC2. The van der Waals surface area contributed by atoms with Gasteiger partial charge in [0.15, 0.2) is 5.82 Å². The molecule has 0 fully saturated rings. The lowest BCUT2D eigenvalue weighted by Gasteiger charge is -2.11. The summed E-state index contributed by atoms with van der Waals surface area (Å²) < 4.78 is 0. The number of nitrogens with two attached hydrogens (primary N) is 1. The Labute approximate surface area is 109 Å². The van der Waals surface area contributed by atoms with Crippen LogP contribution in [0, 0.1) is 0 Å². The number of hydrogen-bond acceptors (Lipinski definition) is 6. The quantitative estimate of drug-likeness (QED) is 0.492. The number of hydrogen-bond donors (Lipinski definition) is 2. The summed E-state index contributed by atoms with van der Waals surface area (Å²) in [5.74, 6) is 7.09. The summed E-state index contributed by atoms with van der Waals surface area (Å²) in [6.07, 6.45) is 7.44. The van der Waals surface area contributed by atoms with E-state index in [0.717, 1.165) is 35.1 Å². The monoisotopic (exact) mass is 261 g/mol. The smallest absolute Gasteiger partial charge is 0.173 e. The van der Waals surface area contributed by atoms with Crippen LogP contribution in [0.3, 0.4) is 0 Å². The molecule has 94 valence electrons. The summed E-state index contributed by atoms with van der Waals surface area (Å²) in [6, 6.07) is 0. The van der Waals surface area contributed by atoms with E-state index in [4.69, 9.17) is 5.84 Å². The van der Waals surface area contributed by atoms with E-state index < -0.39 is 0 Å². The molecule has 0 unspecified atom stereocenters. The third-order valence-corrected chi connectivity index (χ3v) is 3.99. The summed E-state index contributed by atoms with van der Waals surface area (Å²) in [5.41, 5.74) is 6.83. The zero-order valence-electron chi connectivity index (χ0n) is 10.0. The second kappa shape index (κ2) is 4.99. The van der Waals surface area contributed by atoms with Gasteiger partial charge < -0.3 is 5.43 Å². The van der Waals surface area contributed by atoms with E-state index >= 15 is 0 Å². The van der Waals surface area contributed by atoms with E-state index in [1.165, 1.54) is 24.8 Å². The zero-order valence-corrected chi connectivity index (χ0v) is 10.8. The maximum absolute atomic E-state index is 5.59. The van der Waals surface area contributed by atoms with Gasteiger partial charge in [0.25, 0.3) is 0 Å². The van der Waals surface area contributed by atoms with E-state index in [-0.39, 0.29) is 0 Å². The van der Waals surface area contributed by atoms with E-state index in [1.54, 1.807) is 23.0 Å². The van der Waals surface area contributed by atoms with E-state index in [0.29, 0.717) is 0 Å². The van der Waals surface area contributed by atoms with Gasteiger partial charge in [0.1, 0.15) is 5.82 Å². The third kappa shape index (κ3) is 2.09. The Kier molecular flexibility index (Phi) is 3.21. The van der Waals surface area contributed by atoms with Crippen LogP contribution in [-0.2, 0) is 12.8 Å². The van der Waals surface area contributed by atoms with Gasteiger partial charge in [-0.1, -0.05) is 6.42 Å². The Morgan fingerprint density at radius 3 is 2.83 bits per heavy atom. The van der Waals surface area contributed by atoms with Crippen LogP contribution < -0.4 is 11.3 Å². The number of thiazole rings is 1. The van der Waals surface area contributed by atoms with Gasteiger partial charge in [0, 0.05) is 17.5 Å². The highest BCUT2D eigenvalue weighted by Crippen LogP contribution is 2.28. The largest absolute Gasteiger partial charge is 0.308 e. The number of hydrazine groups is 1. The molecule has 0 aromatic carbocycles. The molecule has 3 N–H and O–H groups in total. The van der Waals surface area contributed by atoms with Crippen LogP contribution in [0.25, 0.3) is 10.7 Å². The number of nitrogens with zero attached hydrogens (tertiary/aromatic N) is 3. The van der Waals surface area contributed by atoms with Gasteiger partial charge in [0.05, 0.1) is 10.4 Å². The molecule has 3 rings (SSSR count). The van der Waals surface area contributed by atoms with Gasteiger partial charge >= 0.3 is 0 Å². The van der Waals surface area contributed by atoms with Gasteiger partial charge in [0.2, 0.25) is 0 Å². The second-order valence-electron chi connectivity index (χ2n) is 4.39. The molecule has 0 aliphatic heterocycles. The normalized spacial score (nSPS) is 14.9. The Bertz CT molecular complexity index is 538. The molecule has 1 aliphatic carbocycles. The van der Waals surface area contributed by atoms with Gasteiger partial charge in [-0.05, 0) is 25.7 Å². The molecule has 2 heterocycles. The third-order valence-electron chi connectivity index (χ3n) is 3.22. The molecule has 0 bridgehead atoms. The number of aromatic nitrogens is 3. The van der Waals surface area contributed by atoms with Gasteiger partial charge in [-0.25, -0.2) is 15.8 Å². The number of nitrogens with one attached hydrogen (secondary N) is 1. The number of nitrogen functional groups attached to an aromatic ring is 1. The minimum Gasteiger partial charge on any atom is -0.308 e. The van der Waals surface area contributed by atoms with Crippen molar-refractivity contribution in [1.82, 2.24) is 15.0 Å². The number of rotatable bonds is 2. The van der Waals surface area contributed by atoms with Crippen molar-refractivity contribution in [1.29, 1.82) is 0 Å². The maximum Gasteiger partial charge on any atom is 0.173 e. The summed E-state index contributed by atoms with van der Waals surface area (Å²) in [5, 5.41) is 0. The standard InChI is InChI=1S/C12H15N5S/c13-17-11-8-4-2-1-3-5-9(8)15-12(16-11)10-6-14-7-18-10/h6-7H,1-5,13H2,(H,15,16,17). The summed E-state index contributed by atoms with van der Waals surface area (Å²) in [7, 11) is 0.